The molecular weight excluding hydrogens is 616 g/mol. The molecule has 258 valence electrons. The van der Waals surface area contributed by atoms with Crippen molar-refractivity contribution in [2.75, 3.05) is 32.8 Å². The highest BCUT2D eigenvalue weighted by Gasteiger charge is 2.33. The van der Waals surface area contributed by atoms with Crippen molar-refractivity contribution in [2.45, 2.75) is 64.6 Å². The van der Waals surface area contributed by atoms with Gasteiger partial charge in [-0.15, -0.1) is 0 Å². The highest BCUT2D eigenvalue weighted by atomic mass is 16.5. The van der Waals surface area contributed by atoms with Gasteiger partial charge in [-0.05, 0) is 46.9 Å². The fourth-order valence-electron chi connectivity index (χ4n) is 6.20. The van der Waals surface area contributed by atoms with Crippen LogP contribution in [0.5, 0.6) is 0 Å². The minimum atomic E-state index is -1.39. The van der Waals surface area contributed by atoms with Gasteiger partial charge in [0.2, 0.25) is 11.8 Å². The number of aliphatic hydroxyl groups excluding tert-OH is 1. The Balaban J connectivity index is 1.35. The van der Waals surface area contributed by atoms with E-state index in [4.69, 9.17) is 4.74 Å². The van der Waals surface area contributed by atoms with Gasteiger partial charge < -0.3 is 30.9 Å². The summed E-state index contributed by atoms with van der Waals surface area (Å²) in [6.07, 6.45) is 1.65. The van der Waals surface area contributed by atoms with Crippen LogP contribution >= 0.6 is 0 Å². The summed E-state index contributed by atoms with van der Waals surface area (Å²) in [5.74, 6) is -3.30. The van der Waals surface area contributed by atoms with Gasteiger partial charge in [0.15, 0.2) is 5.78 Å². The Hall–Kier alpha value is -4.55. The molecule has 1 aliphatic carbocycles. The molecule has 0 bridgehead atoms. The van der Waals surface area contributed by atoms with Gasteiger partial charge in [-0.25, -0.2) is 9.59 Å². The van der Waals surface area contributed by atoms with E-state index in [0.29, 0.717) is 19.4 Å². The highest BCUT2D eigenvalue weighted by molar-refractivity contribution is 5.95. The quantitative estimate of drug-likeness (QED) is 0.192. The van der Waals surface area contributed by atoms with Crippen LogP contribution in [0, 0.1) is 11.8 Å². The Labute approximate surface area is 280 Å². The molecule has 12 heteroatoms. The molecule has 5 N–H and O–H groups in total. The summed E-state index contributed by atoms with van der Waals surface area (Å²) in [5.41, 5.74) is 4.49. The van der Waals surface area contributed by atoms with Crippen LogP contribution in [0.15, 0.2) is 60.2 Å². The van der Waals surface area contributed by atoms with Gasteiger partial charge in [0.25, 0.3) is 0 Å². The monoisotopic (exact) mass is 662 g/mol. The van der Waals surface area contributed by atoms with E-state index in [1.165, 1.54) is 0 Å². The highest BCUT2D eigenvalue weighted by Crippen LogP contribution is 2.44. The minimum Gasteiger partial charge on any atom is -0.478 e. The van der Waals surface area contributed by atoms with E-state index in [0.717, 1.165) is 22.3 Å². The largest absolute Gasteiger partial charge is 0.478 e. The number of carbonyl (C=O) groups is 5. The lowest BCUT2D eigenvalue weighted by molar-refractivity contribution is -0.134. The number of carboxylic acids is 1. The average Bonchev–Trinajstić information content (AvgIpc) is 3.37. The minimum absolute atomic E-state index is 0.0315. The summed E-state index contributed by atoms with van der Waals surface area (Å²) in [6.45, 7) is 7.13. The maximum absolute atomic E-state index is 13.3. The summed E-state index contributed by atoms with van der Waals surface area (Å²) >= 11 is 0. The molecule has 2 aromatic rings. The lowest BCUT2D eigenvalue weighted by Crippen LogP contribution is -2.58. The summed E-state index contributed by atoms with van der Waals surface area (Å²) in [7, 11) is 0. The molecule has 0 saturated carbocycles. The Morgan fingerprint density at radius 2 is 1.48 bits per heavy atom. The van der Waals surface area contributed by atoms with Gasteiger partial charge in [0.1, 0.15) is 18.7 Å². The zero-order valence-corrected chi connectivity index (χ0v) is 27.9. The second-order valence-corrected chi connectivity index (χ2v) is 13.1. The molecule has 0 aromatic heterocycles. The number of nitrogens with one attached hydrogen (secondary N) is 3. The Bertz CT molecular complexity index is 1490. The number of fused-ring (bicyclic) bond motifs is 3. The number of ketones is 1. The molecule has 0 fully saturated rings. The van der Waals surface area contributed by atoms with Gasteiger partial charge in [0.05, 0.1) is 19.2 Å². The molecule has 3 atom stereocenters. The SMILES string of the molecule is CC(C)C[C@H](NC(=O)[C@H](CO)NC(=O)[C@@H](NC(=O)OCC1c2ccccc2-c2ccccc21)C(C)C)C(=O)CN1CCC=C(C(=O)O)C1. The summed E-state index contributed by atoms with van der Waals surface area (Å²) < 4.78 is 5.61. The van der Waals surface area contributed by atoms with Gasteiger partial charge >= 0.3 is 12.1 Å². The number of ether oxygens (including phenoxy) is 1. The van der Waals surface area contributed by atoms with E-state index in [1.807, 2.05) is 62.4 Å². The summed E-state index contributed by atoms with van der Waals surface area (Å²) in [5, 5.41) is 27.2. The predicted molar refractivity (Wildman–Crippen MR) is 179 cm³/mol. The predicted octanol–water partition coefficient (Wildman–Crippen LogP) is 2.84. The van der Waals surface area contributed by atoms with Crippen LogP contribution in [0.4, 0.5) is 4.79 Å². The van der Waals surface area contributed by atoms with E-state index in [2.05, 4.69) is 16.0 Å². The molecule has 0 unspecified atom stereocenters. The molecular formula is C36H46N4O8. The molecule has 2 aliphatic rings. The van der Waals surface area contributed by atoms with Crippen LogP contribution < -0.4 is 16.0 Å². The third-order valence-corrected chi connectivity index (χ3v) is 8.68. The van der Waals surface area contributed by atoms with E-state index in [9.17, 15) is 34.2 Å². The first-order valence-corrected chi connectivity index (χ1v) is 16.4. The zero-order valence-electron chi connectivity index (χ0n) is 27.9. The smallest absolute Gasteiger partial charge is 0.407 e. The van der Waals surface area contributed by atoms with Gasteiger partial charge in [-0.3, -0.25) is 19.3 Å². The molecule has 1 heterocycles. The van der Waals surface area contributed by atoms with E-state index >= 15 is 0 Å². The second-order valence-electron chi connectivity index (χ2n) is 13.1. The maximum atomic E-state index is 13.3. The topological polar surface area (TPSA) is 174 Å². The number of amides is 3. The second kappa shape index (κ2) is 16.5. The first-order valence-electron chi connectivity index (χ1n) is 16.4. The van der Waals surface area contributed by atoms with Gasteiger partial charge in [-0.1, -0.05) is 82.3 Å². The van der Waals surface area contributed by atoms with E-state index < -0.39 is 54.5 Å². The fourth-order valence-corrected chi connectivity index (χ4v) is 6.20. The normalized spacial score (nSPS) is 16.3. The van der Waals surface area contributed by atoms with Crippen LogP contribution in [-0.4, -0.2) is 95.7 Å². The summed E-state index contributed by atoms with van der Waals surface area (Å²) in [4.78, 5) is 65.9. The maximum Gasteiger partial charge on any atom is 0.407 e. The molecule has 12 nitrogen and oxygen atoms in total. The number of nitrogens with zero attached hydrogens (tertiary/aromatic N) is 1. The molecule has 1 aliphatic heterocycles. The Morgan fingerprint density at radius 3 is 2.04 bits per heavy atom. The number of aliphatic hydroxyl groups is 1. The number of carboxylic acid groups (broad SMARTS) is 1. The van der Waals surface area contributed by atoms with Crippen molar-refractivity contribution in [3.63, 3.8) is 0 Å². The fraction of sp³-hybridized carbons (Fsp3) is 0.472. The molecule has 0 radical (unpaired) electrons. The molecule has 4 rings (SSSR count). The Morgan fingerprint density at radius 1 is 0.875 bits per heavy atom. The number of aliphatic carboxylic acids is 1. The first kappa shape index (κ1) is 36.3. The number of alkyl carbamates (subject to hydrolysis) is 1. The molecule has 0 saturated heterocycles. The number of Topliss-reactive ketones (excluding diaryl/α,β-unsaturated/α-hetero) is 1. The standard InChI is InChI=1S/C36H46N4O8/c1-21(2)16-29(31(42)18-40-15-9-10-23(17-40)35(45)46)37-33(43)30(19-41)38-34(44)32(22(3)4)39-36(47)48-20-28-26-13-7-5-11-24(26)25-12-6-8-14-27(25)28/h5-8,10-14,21-22,28-30,32,41H,9,15-20H2,1-4H3,(H,37,43)(H,38,44)(H,39,47)(H,45,46)/t29-,30-,32-/m0/s1. The van der Waals surface area contributed by atoms with E-state index in [-0.39, 0.29) is 42.9 Å². The summed E-state index contributed by atoms with van der Waals surface area (Å²) in [6, 6.07) is 12.5. The van der Waals surface area contributed by atoms with Crippen LogP contribution in [0.3, 0.4) is 0 Å². The van der Waals surface area contributed by atoms with Crippen LogP contribution in [0.25, 0.3) is 11.1 Å². The molecule has 0 spiro atoms. The van der Waals surface area contributed by atoms with Crippen LogP contribution in [0.2, 0.25) is 0 Å². The van der Waals surface area contributed by atoms with Gasteiger partial charge in [0, 0.05) is 24.6 Å². The van der Waals surface area contributed by atoms with Crippen molar-refractivity contribution >= 4 is 29.7 Å². The molecule has 48 heavy (non-hydrogen) atoms. The number of carbonyl (C=O) groups excluding carboxylic acids is 4. The first-order chi connectivity index (χ1) is 22.9. The van der Waals surface area contributed by atoms with Crippen LogP contribution in [0.1, 0.15) is 57.6 Å². The number of benzene rings is 2. The lowest BCUT2D eigenvalue weighted by atomic mass is 9.98. The van der Waals surface area contributed by atoms with Crippen molar-refractivity contribution in [1.82, 2.24) is 20.9 Å². The van der Waals surface area contributed by atoms with E-state index in [1.54, 1.807) is 24.8 Å². The third kappa shape index (κ3) is 9.07. The number of rotatable bonds is 15. The van der Waals surface area contributed by atoms with Crippen molar-refractivity contribution in [1.29, 1.82) is 0 Å². The van der Waals surface area contributed by atoms with Crippen molar-refractivity contribution < 1.29 is 38.9 Å². The average molecular weight is 663 g/mol. The number of hydrogen-bond donors (Lipinski definition) is 5. The lowest BCUT2D eigenvalue weighted by Gasteiger charge is -2.29. The third-order valence-electron chi connectivity index (χ3n) is 8.68. The Kier molecular flexibility index (Phi) is 12.5. The van der Waals surface area contributed by atoms with Gasteiger partial charge in [-0.2, -0.15) is 0 Å². The number of hydrogen-bond acceptors (Lipinski definition) is 8. The van der Waals surface area contributed by atoms with Crippen molar-refractivity contribution in [3.05, 3.63) is 71.3 Å². The van der Waals surface area contributed by atoms with Crippen LogP contribution in [-0.2, 0) is 23.9 Å². The van der Waals surface area contributed by atoms with Crippen molar-refractivity contribution in [3.8, 4) is 11.1 Å². The zero-order chi connectivity index (χ0) is 35.0. The van der Waals surface area contributed by atoms with Crippen molar-refractivity contribution in [2.24, 2.45) is 11.8 Å². The molecule has 2 aromatic carbocycles. The molecule has 3 amide bonds.